The average molecular weight is 553 g/mol. The second kappa shape index (κ2) is 12.0. The topological polar surface area (TPSA) is 106 Å². The summed E-state index contributed by atoms with van der Waals surface area (Å²) in [6, 6.07) is 0.440. The van der Waals surface area contributed by atoms with Crippen LogP contribution in [0.25, 0.3) is 0 Å². The summed E-state index contributed by atoms with van der Waals surface area (Å²) in [5, 5.41) is 11.7. The van der Waals surface area contributed by atoms with Gasteiger partial charge in [0.2, 0.25) is 5.56 Å². The molecular weight excluding hydrogens is 520 g/mol. The van der Waals surface area contributed by atoms with E-state index in [-0.39, 0.29) is 29.3 Å². The number of likely N-dealkylation sites (N-methyl/N-ethyl adjacent to an activating group) is 2. The molecule has 1 aromatic rings. The molecular formula is C27H32F4N4O4. The number of pyridine rings is 1. The van der Waals surface area contributed by atoms with Crippen molar-refractivity contribution < 1.29 is 32.3 Å². The van der Waals surface area contributed by atoms with Gasteiger partial charge in [-0.3, -0.25) is 9.59 Å². The summed E-state index contributed by atoms with van der Waals surface area (Å²) < 4.78 is 55.8. The van der Waals surface area contributed by atoms with Crippen LogP contribution in [0.15, 0.2) is 63.4 Å². The van der Waals surface area contributed by atoms with E-state index >= 15 is 0 Å². The molecule has 2 aliphatic rings. The Hall–Kier alpha value is -3.67. The highest BCUT2D eigenvalue weighted by Gasteiger charge is 2.36. The lowest BCUT2D eigenvalue weighted by Gasteiger charge is -2.34. The van der Waals surface area contributed by atoms with Gasteiger partial charge in [-0.1, -0.05) is 19.1 Å². The molecule has 0 saturated heterocycles. The molecule has 0 bridgehead atoms. The Balaban J connectivity index is 2.04. The number of aliphatic carboxylic acids is 1. The largest absolute Gasteiger partial charge is 0.478 e. The van der Waals surface area contributed by atoms with Gasteiger partial charge in [0.05, 0.1) is 16.8 Å². The van der Waals surface area contributed by atoms with E-state index in [1.807, 2.05) is 25.8 Å². The summed E-state index contributed by atoms with van der Waals surface area (Å²) in [7, 11) is 3.76. The van der Waals surface area contributed by atoms with Gasteiger partial charge in [-0.2, -0.15) is 13.2 Å². The summed E-state index contributed by atoms with van der Waals surface area (Å²) in [6.07, 6.45) is -1.14. The molecule has 3 rings (SSSR count). The number of alkyl halides is 4. The number of carboxylic acid groups (broad SMARTS) is 1. The summed E-state index contributed by atoms with van der Waals surface area (Å²) in [4.78, 5) is 42.0. The number of H-pyrrole nitrogens is 1. The molecule has 3 N–H and O–H groups in total. The van der Waals surface area contributed by atoms with Crippen molar-refractivity contribution in [2.24, 2.45) is 0 Å². The maximum absolute atomic E-state index is 15.0. The Labute approximate surface area is 223 Å². The Morgan fingerprint density at radius 1 is 1.23 bits per heavy atom. The van der Waals surface area contributed by atoms with Crippen molar-refractivity contribution in [3.05, 3.63) is 80.1 Å². The van der Waals surface area contributed by atoms with E-state index in [1.165, 1.54) is 18.2 Å². The van der Waals surface area contributed by atoms with E-state index in [4.69, 9.17) is 0 Å². The first-order valence-corrected chi connectivity index (χ1v) is 12.5. The first-order valence-electron chi connectivity index (χ1n) is 12.5. The second-order valence-corrected chi connectivity index (χ2v) is 9.70. The van der Waals surface area contributed by atoms with E-state index in [0.29, 0.717) is 36.7 Å². The van der Waals surface area contributed by atoms with E-state index in [9.17, 15) is 37.1 Å². The zero-order valence-corrected chi connectivity index (χ0v) is 22.2. The maximum atomic E-state index is 15.0. The third kappa shape index (κ3) is 7.05. The predicted molar refractivity (Wildman–Crippen MR) is 138 cm³/mol. The van der Waals surface area contributed by atoms with Gasteiger partial charge in [-0.25, -0.2) is 9.18 Å². The molecule has 1 aromatic heterocycles. The molecule has 8 nitrogen and oxygen atoms in total. The number of hydrogen-bond donors (Lipinski definition) is 3. The lowest BCUT2D eigenvalue weighted by atomic mass is 9.86. The SMILES string of the molecule is CCN(C)[C@H](C)CN(C)C1=C(NC(=O)c2c[nH]c(=O)cc2C(F)(F)F)C=C(C2=CC=C(C(=O)O)CC2F)CC1. The summed E-state index contributed by atoms with van der Waals surface area (Å²) >= 11 is 0. The van der Waals surface area contributed by atoms with Gasteiger partial charge in [0.25, 0.3) is 5.91 Å². The number of allylic oxidation sites excluding steroid dienone is 6. The third-order valence-electron chi connectivity index (χ3n) is 7.08. The predicted octanol–water partition coefficient (Wildman–Crippen LogP) is 4.01. The molecule has 1 amide bonds. The smallest absolute Gasteiger partial charge is 0.417 e. The normalized spacial score (nSPS) is 18.8. The van der Waals surface area contributed by atoms with Crippen molar-refractivity contribution in [1.29, 1.82) is 0 Å². The number of carbonyl (C=O) groups excluding carboxylic acids is 1. The van der Waals surface area contributed by atoms with E-state index in [0.717, 1.165) is 12.7 Å². The maximum Gasteiger partial charge on any atom is 0.417 e. The summed E-state index contributed by atoms with van der Waals surface area (Å²) in [6.45, 7) is 5.38. The number of carbonyl (C=O) groups is 2. The van der Waals surface area contributed by atoms with Crippen LogP contribution in [-0.4, -0.2) is 71.2 Å². The lowest BCUT2D eigenvalue weighted by Crippen LogP contribution is -2.40. The summed E-state index contributed by atoms with van der Waals surface area (Å²) in [5.41, 5.74) is -1.59. The number of carboxylic acids is 1. The fourth-order valence-electron chi connectivity index (χ4n) is 4.62. The lowest BCUT2D eigenvalue weighted by molar-refractivity contribution is -0.138. The quantitative estimate of drug-likeness (QED) is 0.400. The van der Waals surface area contributed by atoms with Gasteiger partial charge in [-0.15, -0.1) is 0 Å². The highest BCUT2D eigenvalue weighted by molar-refractivity contribution is 5.97. The molecule has 212 valence electrons. The van der Waals surface area contributed by atoms with E-state index in [2.05, 4.69) is 15.2 Å². The number of nitrogens with one attached hydrogen (secondary N) is 2. The van der Waals surface area contributed by atoms with Crippen molar-refractivity contribution in [3.63, 3.8) is 0 Å². The fraction of sp³-hybridized carbons (Fsp3) is 0.444. The fourth-order valence-corrected chi connectivity index (χ4v) is 4.62. The van der Waals surface area contributed by atoms with Crippen LogP contribution in [0.1, 0.15) is 49.0 Å². The first kappa shape index (κ1) is 29.9. The van der Waals surface area contributed by atoms with Gasteiger partial charge >= 0.3 is 12.1 Å². The number of rotatable bonds is 9. The van der Waals surface area contributed by atoms with Crippen LogP contribution in [0.3, 0.4) is 0 Å². The van der Waals surface area contributed by atoms with Crippen molar-refractivity contribution in [3.8, 4) is 0 Å². The van der Waals surface area contributed by atoms with E-state index < -0.39 is 40.9 Å². The third-order valence-corrected chi connectivity index (χ3v) is 7.08. The Morgan fingerprint density at radius 3 is 2.51 bits per heavy atom. The van der Waals surface area contributed by atoms with Gasteiger partial charge in [0.1, 0.15) is 6.17 Å². The minimum absolute atomic E-state index is 0.0704. The van der Waals surface area contributed by atoms with Crippen molar-refractivity contribution in [2.45, 2.75) is 51.5 Å². The molecule has 39 heavy (non-hydrogen) atoms. The molecule has 0 aromatic carbocycles. The van der Waals surface area contributed by atoms with Crippen LogP contribution in [0, 0.1) is 0 Å². The van der Waals surface area contributed by atoms with Crippen molar-refractivity contribution in [1.82, 2.24) is 20.1 Å². The minimum atomic E-state index is -4.94. The minimum Gasteiger partial charge on any atom is -0.478 e. The van der Waals surface area contributed by atoms with Crippen LogP contribution in [0.4, 0.5) is 17.6 Å². The molecule has 0 aliphatic heterocycles. The second-order valence-electron chi connectivity index (χ2n) is 9.70. The zero-order valence-electron chi connectivity index (χ0n) is 22.2. The Morgan fingerprint density at radius 2 is 1.92 bits per heavy atom. The molecule has 12 heteroatoms. The highest BCUT2D eigenvalue weighted by atomic mass is 19.4. The molecule has 0 saturated carbocycles. The molecule has 2 aliphatic carbocycles. The standard InChI is InChI=1S/C27H32F4N4O4/c1-5-34(3)15(2)14-35(4)23-9-7-16(18-8-6-17(26(38)39)10-21(18)28)11-22(23)33-25(37)19-13-32-24(36)12-20(19)27(29,30)31/h6,8,11-13,15,21H,5,7,9-10,14H2,1-4H3,(H,32,36)(H,33,37)(H,38,39)/t15-,21?/m1/s1. The van der Waals surface area contributed by atoms with Crippen molar-refractivity contribution in [2.75, 3.05) is 27.2 Å². The molecule has 0 fully saturated rings. The number of nitrogens with zero attached hydrogens (tertiary/aromatic N) is 2. The van der Waals surface area contributed by atoms with Crippen LogP contribution < -0.4 is 10.9 Å². The van der Waals surface area contributed by atoms with Crippen LogP contribution >= 0.6 is 0 Å². The Kier molecular flexibility index (Phi) is 9.21. The number of aromatic nitrogens is 1. The molecule has 1 heterocycles. The number of aromatic amines is 1. The number of hydrogen-bond acceptors (Lipinski definition) is 5. The van der Waals surface area contributed by atoms with Gasteiger partial charge in [0.15, 0.2) is 0 Å². The molecule has 2 atom stereocenters. The van der Waals surface area contributed by atoms with Gasteiger partial charge < -0.3 is 25.2 Å². The average Bonchev–Trinajstić information content (AvgIpc) is 2.87. The highest BCUT2D eigenvalue weighted by Crippen LogP contribution is 2.36. The van der Waals surface area contributed by atoms with Crippen LogP contribution in [-0.2, 0) is 11.0 Å². The monoisotopic (exact) mass is 552 g/mol. The molecule has 0 spiro atoms. The van der Waals surface area contributed by atoms with Crippen LogP contribution in [0.2, 0.25) is 0 Å². The number of amides is 1. The van der Waals surface area contributed by atoms with Crippen molar-refractivity contribution >= 4 is 11.9 Å². The zero-order chi connectivity index (χ0) is 29.1. The Bertz CT molecular complexity index is 1310. The van der Waals surface area contributed by atoms with Crippen LogP contribution in [0.5, 0.6) is 0 Å². The molecule has 0 radical (unpaired) electrons. The van der Waals surface area contributed by atoms with Gasteiger partial charge in [-0.05, 0) is 50.6 Å². The number of halogens is 4. The first-order chi connectivity index (χ1) is 18.2. The summed E-state index contributed by atoms with van der Waals surface area (Å²) in [5.74, 6) is -2.30. The van der Waals surface area contributed by atoms with Gasteiger partial charge in [0, 0.05) is 49.6 Å². The molecule has 1 unspecified atom stereocenters. The van der Waals surface area contributed by atoms with E-state index in [1.54, 1.807) is 7.05 Å².